The van der Waals surface area contributed by atoms with Crippen molar-refractivity contribution in [2.75, 3.05) is 5.32 Å². The number of hydrogen-bond donors (Lipinski definition) is 2. The van der Waals surface area contributed by atoms with Crippen LogP contribution in [0.3, 0.4) is 0 Å². The molecule has 0 atom stereocenters. The number of nitro benzene ring substituents is 1. The summed E-state index contributed by atoms with van der Waals surface area (Å²) in [4.78, 5) is 33.7. The van der Waals surface area contributed by atoms with Crippen LogP contribution in [0.2, 0.25) is 0 Å². The van der Waals surface area contributed by atoms with E-state index in [1.54, 1.807) is 6.07 Å². The largest absolute Gasteiger partial charge is 0.478 e. The number of nitrogens with one attached hydrogen (secondary N) is 1. The van der Waals surface area contributed by atoms with Crippen molar-refractivity contribution in [2.24, 2.45) is 0 Å². The number of nitrogens with zero attached hydrogens (tertiary/aromatic N) is 1. The molecular weight excluding hydrogens is 436 g/mol. The molecule has 0 saturated heterocycles. The van der Waals surface area contributed by atoms with Crippen molar-refractivity contribution in [3.05, 3.63) is 66.6 Å². The van der Waals surface area contributed by atoms with E-state index in [0.717, 1.165) is 6.07 Å². The lowest BCUT2D eigenvalue weighted by atomic mass is 10.1. The fourth-order valence-electron chi connectivity index (χ4n) is 1.82. The topological polar surface area (TPSA) is 110 Å². The van der Waals surface area contributed by atoms with E-state index in [-0.39, 0.29) is 22.5 Å². The Labute approximate surface area is 146 Å². The van der Waals surface area contributed by atoms with Crippen molar-refractivity contribution in [3.63, 3.8) is 0 Å². The first-order chi connectivity index (χ1) is 10.8. The van der Waals surface area contributed by atoms with Crippen LogP contribution in [0, 0.1) is 10.1 Å². The molecule has 0 radical (unpaired) electrons. The maximum Gasteiger partial charge on any atom is 0.337 e. The normalized spacial score (nSPS) is 10.2. The molecule has 2 N–H and O–H groups in total. The number of carbonyl (C=O) groups is 2. The number of rotatable bonds is 4. The first-order valence-electron chi connectivity index (χ1n) is 6.07. The fraction of sp³-hybridized carbons (Fsp3) is 0. The van der Waals surface area contributed by atoms with Gasteiger partial charge in [-0.1, -0.05) is 22.0 Å². The Morgan fingerprint density at radius 2 is 1.87 bits per heavy atom. The van der Waals surface area contributed by atoms with Crippen LogP contribution in [0.4, 0.5) is 11.4 Å². The molecule has 2 aromatic rings. The van der Waals surface area contributed by atoms with Gasteiger partial charge >= 0.3 is 5.97 Å². The molecule has 2 aromatic carbocycles. The van der Waals surface area contributed by atoms with Gasteiger partial charge in [-0.25, -0.2) is 4.79 Å². The van der Waals surface area contributed by atoms with Crippen LogP contribution >= 0.6 is 31.9 Å². The van der Waals surface area contributed by atoms with Crippen LogP contribution in [0.1, 0.15) is 20.7 Å². The summed E-state index contributed by atoms with van der Waals surface area (Å²) in [5.41, 5.74) is -0.237. The first kappa shape index (κ1) is 17.1. The average Bonchev–Trinajstić information content (AvgIpc) is 2.49. The molecule has 0 heterocycles. The van der Waals surface area contributed by atoms with Gasteiger partial charge in [-0.2, -0.15) is 0 Å². The van der Waals surface area contributed by atoms with Gasteiger partial charge in [-0.3, -0.25) is 14.9 Å². The van der Waals surface area contributed by atoms with Crippen LogP contribution in [0.15, 0.2) is 45.3 Å². The van der Waals surface area contributed by atoms with Crippen LogP contribution < -0.4 is 5.32 Å². The number of hydrogen-bond acceptors (Lipinski definition) is 4. The second kappa shape index (κ2) is 6.88. The predicted molar refractivity (Wildman–Crippen MR) is 89.9 cm³/mol. The quantitative estimate of drug-likeness (QED) is 0.546. The summed E-state index contributed by atoms with van der Waals surface area (Å²) in [6.07, 6.45) is 0. The number of halogens is 2. The van der Waals surface area contributed by atoms with E-state index >= 15 is 0 Å². The molecule has 0 aliphatic heterocycles. The molecule has 0 fully saturated rings. The lowest BCUT2D eigenvalue weighted by Crippen LogP contribution is -2.15. The summed E-state index contributed by atoms with van der Waals surface area (Å²) in [7, 11) is 0. The Kier molecular flexibility index (Phi) is 5.12. The lowest BCUT2D eigenvalue weighted by Gasteiger charge is -2.11. The van der Waals surface area contributed by atoms with Crippen LogP contribution in [0.5, 0.6) is 0 Å². The molecule has 118 valence electrons. The zero-order valence-corrected chi connectivity index (χ0v) is 14.4. The summed E-state index contributed by atoms with van der Waals surface area (Å²) >= 11 is 6.36. The average molecular weight is 444 g/mol. The van der Waals surface area contributed by atoms with Crippen LogP contribution in [-0.2, 0) is 0 Å². The third-order valence-corrected chi connectivity index (χ3v) is 3.93. The summed E-state index contributed by atoms with van der Waals surface area (Å²) in [5, 5.41) is 22.4. The Bertz CT molecular complexity index is 823. The van der Waals surface area contributed by atoms with Crippen molar-refractivity contribution in [1.82, 2.24) is 0 Å². The summed E-state index contributed by atoms with van der Waals surface area (Å²) in [5.74, 6) is -1.87. The molecule has 0 spiro atoms. The summed E-state index contributed by atoms with van der Waals surface area (Å²) in [6.45, 7) is 0. The van der Waals surface area contributed by atoms with E-state index in [4.69, 9.17) is 0 Å². The van der Waals surface area contributed by atoms with Crippen molar-refractivity contribution < 1.29 is 19.6 Å². The zero-order chi connectivity index (χ0) is 17.1. The number of aromatic carboxylic acids is 1. The smallest absolute Gasteiger partial charge is 0.337 e. The maximum absolute atomic E-state index is 12.2. The number of nitro groups is 1. The fourth-order valence-corrected chi connectivity index (χ4v) is 3.14. The lowest BCUT2D eigenvalue weighted by molar-refractivity contribution is -0.384. The van der Waals surface area contributed by atoms with Gasteiger partial charge in [0.05, 0.1) is 16.2 Å². The van der Waals surface area contributed by atoms with Crippen molar-refractivity contribution >= 4 is 55.1 Å². The predicted octanol–water partition coefficient (Wildman–Crippen LogP) is 4.07. The molecule has 0 unspecified atom stereocenters. The monoisotopic (exact) mass is 442 g/mol. The molecule has 1 amide bonds. The number of non-ortho nitro benzene ring substituents is 1. The van der Waals surface area contributed by atoms with Gasteiger partial charge < -0.3 is 10.4 Å². The summed E-state index contributed by atoms with van der Waals surface area (Å²) in [6, 6.07) is 8.07. The number of amides is 1. The Hall–Kier alpha value is -2.26. The second-order valence-corrected chi connectivity index (χ2v) is 6.15. The highest BCUT2D eigenvalue weighted by molar-refractivity contribution is 9.11. The van der Waals surface area contributed by atoms with Gasteiger partial charge in [0, 0.05) is 26.6 Å². The SMILES string of the molecule is O=C(Nc1c(Br)cc(Br)cc1C(=O)O)c1cccc([N+](=O)[O-])c1. The highest BCUT2D eigenvalue weighted by Crippen LogP contribution is 2.31. The van der Waals surface area contributed by atoms with Gasteiger partial charge in [0.25, 0.3) is 11.6 Å². The van der Waals surface area contributed by atoms with E-state index in [1.165, 1.54) is 24.3 Å². The maximum atomic E-state index is 12.2. The Balaban J connectivity index is 2.39. The molecule has 9 heteroatoms. The number of carboxylic acids is 1. The number of carboxylic acid groups (broad SMARTS) is 1. The Morgan fingerprint density at radius 3 is 2.48 bits per heavy atom. The highest BCUT2D eigenvalue weighted by Gasteiger charge is 2.18. The minimum atomic E-state index is -1.22. The number of benzene rings is 2. The molecule has 23 heavy (non-hydrogen) atoms. The molecule has 2 rings (SSSR count). The molecule has 0 aliphatic rings. The van der Waals surface area contributed by atoms with Gasteiger partial charge in [0.1, 0.15) is 0 Å². The molecule has 7 nitrogen and oxygen atoms in total. The van der Waals surface area contributed by atoms with Gasteiger partial charge in [0.15, 0.2) is 0 Å². The molecule has 0 aliphatic carbocycles. The van der Waals surface area contributed by atoms with E-state index in [2.05, 4.69) is 37.2 Å². The van der Waals surface area contributed by atoms with Gasteiger partial charge in [-0.05, 0) is 34.1 Å². The third-order valence-electron chi connectivity index (χ3n) is 2.84. The van der Waals surface area contributed by atoms with E-state index < -0.39 is 16.8 Å². The minimum Gasteiger partial charge on any atom is -0.478 e. The van der Waals surface area contributed by atoms with Crippen molar-refractivity contribution in [3.8, 4) is 0 Å². The highest BCUT2D eigenvalue weighted by atomic mass is 79.9. The molecule has 0 aromatic heterocycles. The second-order valence-electron chi connectivity index (χ2n) is 4.38. The van der Waals surface area contributed by atoms with Gasteiger partial charge in [0.2, 0.25) is 0 Å². The van der Waals surface area contributed by atoms with E-state index in [9.17, 15) is 24.8 Å². The molecule has 0 bridgehead atoms. The third kappa shape index (κ3) is 3.93. The number of carbonyl (C=O) groups excluding carboxylic acids is 1. The zero-order valence-electron chi connectivity index (χ0n) is 11.2. The number of anilines is 1. The van der Waals surface area contributed by atoms with E-state index in [1.807, 2.05) is 0 Å². The minimum absolute atomic E-state index is 0.0466. The molecular formula is C14H8Br2N2O5. The van der Waals surface area contributed by atoms with Crippen molar-refractivity contribution in [1.29, 1.82) is 0 Å². The van der Waals surface area contributed by atoms with Crippen LogP contribution in [-0.4, -0.2) is 21.9 Å². The van der Waals surface area contributed by atoms with E-state index in [0.29, 0.717) is 8.95 Å². The first-order valence-corrected chi connectivity index (χ1v) is 7.66. The molecule has 0 saturated carbocycles. The Morgan fingerprint density at radius 1 is 1.17 bits per heavy atom. The van der Waals surface area contributed by atoms with Crippen molar-refractivity contribution in [2.45, 2.75) is 0 Å². The standard InChI is InChI=1S/C14H8Br2N2O5/c15-8-5-10(14(20)21)12(11(16)6-8)17-13(19)7-2-1-3-9(4-7)18(22)23/h1-6H,(H,17,19)(H,20,21). The summed E-state index contributed by atoms with van der Waals surface area (Å²) < 4.78 is 0.887. The van der Waals surface area contributed by atoms with Gasteiger partial charge in [-0.15, -0.1) is 0 Å². The van der Waals surface area contributed by atoms with Crippen LogP contribution in [0.25, 0.3) is 0 Å².